The van der Waals surface area contributed by atoms with E-state index in [2.05, 4.69) is 0 Å². The second-order valence-corrected chi connectivity index (χ2v) is 1.02. The van der Waals surface area contributed by atoms with Gasteiger partial charge in [-0.3, -0.25) is 0 Å². The van der Waals surface area contributed by atoms with Gasteiger partial charge < -0.3 is 15.0 Å². The molecule has 0 aromatic heterocycles. The van der Waals surface area contributed by atoms with Crippen LogP contribution >= 0.6 is 8.25 Å². The molecule has 6 nitrogen and oxygen atoms in total. The minimum absolute atomic E-state index is 0. The fraction of sp³-hybridized carbons (Fsp3) is 0. The van der Waals surface area contributed by atoms with E-state index in [1.165, 1.54) is 0 Å². The summed E-state index contributed by atoms with van der Waals surface area (Å²) in [4.78, 5) is 22.7. The zero-order valence-electron chi connectivity index (χ0n) is 4.51. The van der Waals surface area contributed by atoms with E-state index >= 15 is 0 Å². The molecule has 0 aromatic rings. The Morgan fingerprint density at radius 3 is 1.44 bits per heavy atom. The second-order valence-electron chi connectivity index (χ2n) is 0.519. The van der Waals surface area contributed by atoms with E-state index in [0.717, 1.165) is 0 Å². The third kappa shape index (κ3) is 499. The first kappa shape index (κ1) is 16.5. The van der Waals surface area contributed by atoms with Gasteiger partial charge in [0.2, 0.25) is 6.16 Å². The predicted molar refractivity (Wildman–Crippen MR) is 20.1 cm³/mol. The van der Waals surface area contributed by atoms with Gasteiger partial charge in [0.1, 0.15) is 0 Å². The van der Waals surface area contributed by atoms with Crippen molar-refractivity contribution >= 4 is 14.4 Å². The van der Waals surface area contributed by atoms with Crippen LogP contribution < -0.4 is 56.5 Å². The van der Waals surface area contributed by atoms with Crippen LogP contribution in [-0.4, -0.2) is 21.0 Å². The van der Waals surface area contributed by atoms with Crippen LogP contribution in [0.3, 0.4) is 0 Å². The summed E-state index contributed by atoms with van der Waals surface area (Å²) in [6, 6.07) is 0. The maximum Gasteiger partial charge on any atom is 1.00 e. The summed E-state index contributed by atoms with van der Waals surface area (Å²) in [6.07, 6.45) is -2.08. The molecule has 0 unspecified atom stereocenters. The van der Waals surface area contributed by atoms with Crippen LogP contribution in [0.5, 0.6) is 0 Å². The van der Waals surface area contributed by atoms with Gasteiger partial charge in [0.05, 0.1) is 0 Å². The van der Waals surface area contributed by atoms with Crippen LogP contribution in [0, 0.1) is 0 Å². The van der Waals surface area contributed by atoms with Gasteiger partial charge in [0.15, 0.2) is 0 Å². The summed E-state index contributed by atoms with van der Waals surface area (Å²) in [5.74, 6) is 0. The topological polar surface area (TPSA) is 118 Å². The van der Waals surface area contributed by atoms with E-state index < -0.39 is 14.4 Å². The largest absolute Gasteiger partial charge is 1.00 e. The minimum atomic E-state index is -2.87. The first-order valence-electron chi connectivity index (χ1n) is 1.21. The van der Waals surface area contributed by atoms with Gasteiger partial charge in [-0.15, -0.1) is 9.79 Å². The Morgan fingerprint density at radius 2 is 1.44 bits per heavy atom. The molecule has 0 rings (SSSR count). The summed E-state index contributed by atoms with van der Waals surface area (Å²) in [5.41, 5.74) is 0. The van der Waals surface area contributed by atoms with Gasteiger partial charge in [-0.05, 0) is 0 Å². The number of carboxylic acid groups (broad SMARTS) is 2. The van der Waals surface area contributed by atoms with Crippen molar-refractivity contribution in [3.63, 3.8) is 0 Å². The zero-order valence-corrected chi connectivity index (χ0v) is 8.53. The molecule has 0 bridgehead atoms. The van der Waals surface area contributed by atoms with Crippen LogP contribution in [0.1, 0.15) is 0 Å². The average Bonchev–Trinajstić information content (AvgIpc) is 1.25. The number of hydrogen-bond acceptors (Lipinski definition) is 3. The Hall–Kier alpha value is 0.926. The predicted octanol–water partition coefficient (Wildman–Crippen LogP) is -4.48. The van der Waals surface area contributed by atoms with E-state index in [1.807, 2.05) is 0 Å². The second kappa shape index (κ2) is 11.7. The van der Waals surface area contributed by atoms with Gasteiger partial charge in [0.25, 0.3) is 0 Å². The molecule has 0 atom stereocenters. The first-order chi connectivity index (χ1) is 3.46. The van der Waals surface area contributed by atoms with Gasteiger partial charge >= 0.3 is 59.6 Å². The maximum absolute atomic E-state index is 8.70. The van der Waals surface area contributed by atoms with Crippen molar-refractivity contribution in [1.82, 2.24) is 0 Å². The first-order valence-corrected chi connectivity index (χ1v) is 2.38. The quantitative estimate of drug-likeness (QED) is 0.256. The van der Waals surface area contributed by atoms with Gasteiger partial charge in [-0.25, -0.2) is 0 Å². The fourth-order valence-corrected chi connectivity index (χ4v) is 0. The van der Waals surface area contributed by atoms with Gasteiger partial charge in [-0.1, -0.05) is 0 Å². The van der Waals surface area contributed by atoms with Crippen molar-refractivity contribution in [2.75, 3.05) is 0 Å². The summed E-state index contributed by atoms with van der Waals surface area (Å²) in [7, 11) is -2.87. The van der Waals surface area contributed by atoms with Crippen LogP contribution in [0.4, 0.5) is 4.79 Å². The van der Waals surface area contributed by atoms with Crippen molar-refractivity contribution in [1.29, 1.82) is 0 Å². The monoisotopic (exact) mass is 181 g/mol. The molecule has 0 heterocycles. The van der Waals surface area contributed by atoms with Crippen LogP contribution in [0.2, 0.25) is 0 Å². The molecule has 8 heteroatoms. The molecular weight excluding hydrogens is 178 g/mol. The summed E-state index contributed by atoms with van der Waals surface area (Å²) >= 11 is 0. The number of rotatable bonds is 0. The van der Waals surface area contributed by atoms with Crippen molar-refractivity contribution < 1.29 is 80.7 Å². The third-order valence-electron chi connectivity index (χ3n) is 0. The molecule has 0 radical (unpaired) electrons. The Labute approximate surface area is 93.9 Å². The van der Waals surface area contributed by atoms with E-state index in [4.69, 9.17) is 29.4 Å². The van der Waals surface area contributed by atoms with Gasteiger partial charge in [0, 0.05) is 4.57 Å². The Kier molecular flexibility index (Phi) is 21.4. The Morgan fingerprint density at radius 1 is 1.44 bits per heavy atom. The summed E-state index contributed by atoms with van der Waals surface area (Å²) in [6.45, 7) is 0. The molecule has 48 valence electrons. The van der Waals surface area contributed by atoms with Crippen LogP contribution in [-0.2, 0) is 4.57 Å². The van der Waals surface area contributed by atoms with Crippen molar-refractivity contribution in [3.05, 3.63) is 0 Å². The summed E-state index contributed by atoms with van der Waals surface area (Å²) < 4.78 is 8.70. The Balaban J connectivity index is -0.0000000720. The molecule has 0 aromatic carbocycles. The normalized spacial score (nSPS) is 5.56. The molecule has 0 aliphatic heterocycles. The smallest absolute Gasteiger partial charge is 0.565 e. The maximum atomic E-state index is 8.70. The van der Waals surface area contributed by atoms with Crippen LogP contribution in [0.25, 0.3) is 0 Å². The van der Waals surface area contributed by atoms with Gasteiger partial charge in [-0.2, -0.15) is 0 Å². The van der Waals surface area contributed by atoms with Crippen molar-refractivity contribution in [2.45, 2.75) is 0 Å². The molecule has 0 saturated carbocycles. The molecule has 0 aliphatic rings. The number of carbonyl (C=O) groups is 1. The minimum Gasteiger partial charge on any atom is -0.565 e. The molecule has 0 saturated heterocycles. The van der Waals surface area contributed by atoms with Crippen molar-refractivity contribution in [3.8, 4) is 0 Å². The van der Waals surface area contributed by atoms with E-state index in [-0.39, 0.29) is 51.4 Å². The molecule has 3 N–H and O–H groups in total. The number of hydrogen-bond donors (Lipinski definition) is 3. The van der Waals surface area contributed by atoms with E-state index in [1.54, 1.807) is 0 Å². The van der Waals surface area contributed by atoms with E-state index in [0.29, 0.717) is 0 Å². The molecule has 0 aliphatic carbocycles. The Bertz CT molecular complexity index is 71.1. The molecule has 0 amide bonds. The molecular formula is CH3KO6P+. The SMILES string of the molecule is O=C([O-])O.O=[P+](O)O.[K+]. The van der Waals surface area contributed by atoms with Crippen molar-refractivity contribution in [2.24, 2.45) is 0 Å². The molecule has 0 fully saturated rings. The third-order valence-corrected chi connectivity index (χ3v) is 0. The summed E-state index contributed by atoms with van der Waals surface area (Å²) in [5, 5.41) is 15.3. The standard InChI is InChI=1S/CH2O3.K.HO3P/c2-1(3)4;;1-4(2)3/h(H2,2,3,4);;(H-,1,2,3)/q;+1;. The molecule has 9 heavy (non-hydrogen) atoms. The zero-order chi connectivity index (χ0) is 7.15. The van der Waals surface area contributed by atoms with Crippen LogP contribution in [0.15, 0.2) is 0 Å². The fourth-order valence-electron chi connectivity index (χ4n) is 0. The average molecular weight is 181 g/mol. The van der Waals surface area contributed by atoms with E-state index in [9.17, 15) is 0 Å². The molecule has 0 spiro atoms.